The Labute approximate surface area is 88.5 Å². The van der Waals surface area contributed by atoms with Gasteiger partial charge in [-0.25, -0.2) is 4.79 Å². The third-order valence-corrected chi connectivity index (χ3v) is 1.98. The van der Waals surface area contributed by atoms with Gasteiger partial charge in [-0.15, -0.1) is 0 Å². The Morgan fingerprint density at radius 3 is 2.47 bits per heavy atom. The molecule has 0 aromatic heterocycles. The van der Waals surface area contributed by atoms with E-state index < -0.39 is 5.97 Å². The van der Waals surface area contributed by atoms with Crippen LogP contribution in [0.15, 0.2) is 36.0 Å². The Morgan fingerprint density at radius 2 is 1.93 bits per heavy atom. The lowest BCUT2D eigenvalue weighted by Gasteiger charge is -2.01. The lowest BCUT2D eigenvalue weighted by Crippen LogP contribution is -1.96. The molecule has 0 saturated carbocycles. The molecule has 0 amide bonds. The van der Waals surface area contributed by atoms with Gasteiger partial charge in [-0.1, -0.05) is 24.3 Å². The predicted octanol–water partition coefficient (Wildman–Crippen LogP) is 2.10. The van der Waals surface area contributed by atoms with Gasteiger partial charge >= 0.3 is 5.97 Å². The smallest absolute Gasteiger partial charge is 0.331 e. The summed E-state index contributed by atoms with van der Waals surface area (Å²) in [5, 5.41) is 8.75. The van der Waals surface area contributed by atoms with Gasteiger partial charge in [0, 0.05) is 5.57 Å². The first kappa shape index (κ1) is 11.0. The van der Waals surface area contributed by atoms with E-state index in [9.17, 15) is 4.79 Å². The monoisotopic (exact) mass is 203 g/mol. The standard InChI is InChI=1S/C12H13NO2/c1-9(12(14)15)8-11-5-3-2-4-10(11)6-7-13/h2-8H,13H2,1H3,(H,14,15)/b7-6+,9-8+. The summed E-state index contributed by atoms with van der Waals surface area (Å²) in [4.78, 5) is 10.7. The van der Waals surface area contributed by atoms with Crippen LogP contribution in [0.4, 0.5) is 0 Å². The van der Waals surface area contributed by atoms with Crippen molar-refractivity contribution in [2.75, 3.05) is 0 Å². The van der Waals surface area contributed by atoms with E-state index >= 15 is 0 Å². The van der Waals surface area contributed by atoms with Crippen molar-refractivity contribution in [2.45, 2.75) is 6.92 Å². The molecule has 3 N–H and O–H groups in total. The molecule has 0 unspecified atom stereocenters. The first-order chi connectivity index (χ1) is 7.15. The average molecular weight is 203 g/mol. The van der Waals surface area contributed by atoms with Crippen LogP contribution in [-0.4, -0.2) is 11.1 Å². The molecular weight excluding hydrogens is 190 g/mol. The topological polar surface area (TPSA) is 63.3 Å². The fourth-order valence-electron chi connectivity index (χ4n) is 1.19. The van der Waals surface area contributed by atoms with Crippen molar-refractivity contribution in [3.63, 3.8) is 0 Å². The molecule has 0 radical (unpaired) electrons. The zero-order chi connectivity index (χ0) is 11.3. The van der Waals surface area contributed by atoms with Crippen molar-refractivity contribution in [3.8, 4) is 0 Å². The highest BCUT2D eigenvalue weighted by atomic mass is 16.4. The molecule has 0 heterocycles. The molecule has 1 rings (SSSR count). The van der Waals surface area contributed by atoms with E-state index in [1.807, 2.05) is 24.3 Å². The van der Waals surface area contributed by atoms with Gasteiger partial charge in [-0.3, -0.25) is 0 Å². The van der Waals surface area contributed by atoms with E-state index in [4.69, 9.17) is 10.8 Å². The molecule has 0 saturated heterocycles. The summed E-state index contributed by atoms with van der Waals surface area (Å²) in [5.74, 6) is -0.915. The second kappa shape index (κ2) is 5.00. The van der Waals surface area contributed by atoms with Crippen LogP contribution in [0, 0.1) is 0 Å². The third kappa shape index (κ3) is 2.98. The molecule has 78 valence electrons. The number of carboxylic acids is 1. The molecule has 1 aromatic carbocycles. The lowest BCUT2D eigenvalue weighted by molar-refractivity contribution is -0.132. The highest BCUT2D eigenvalue weighted by molar-refractivity contribution is 5.92. The maximum Gasteiger partial charge on any atom is 0.331 e. The summed E-state index contributed by atoms with van der Waals surface area (Å²) in [6.45, 7) is 1.56. The lowest BCUT2D eigenvalue weighted by atomic mass is 10.1. The molecule has 0 spiro atoms. The van der Waals surface area contributed by atoms with E-state index in [0.29, 0.717) is 5.57 Å². The van der Waals surface area contributed by atoms with Crippen molar-refractivity contribution in [1.29, 1.82) is 0 Å². The molecule has 0 fully saturated rings. The predicted molar refractivity (Wildman–Crippen MR) is 61.0 cm³/mol. The summed E-state index contributed by atoms with van der Waals surface area (Å²) < 4.78 is 0. The molecule has 0 aliphatic carbocycles. The van der Waals surface area contributed by atoms with Crippen LogP contribution in [0.2, 0.25) is 0 Å². The van der Waals surface area contributed by atoms with Crippen LogP contribution in [0.25, 0.3) is 12.2 Å². The third-order valence-electron chi connectivity index (χ3n) is 1.98. The Morgan fingerprint density at radius 1 is 1.33 bits per heavy atom. The van der Waals surface area contributed by atoms with Gasteiger partial charge in [0.25, 0.3) is 0 Å². The zero-order valence-corrected chi connectivity index (χ0v) is 8.47. The maximum atomic E-state index is 10.7. The van der Waals surface area contributed by atoms with E-state index in [-0.39, 0.29) is 0 Å². The van der Waals surface area contributed by atoms with Crippen LogP contribution >= 0.6 is 0 Å². The molecule has 0 aliphatic rings. The fourth-order valence-corrected chi connectivity index (χ4v) is 1.19. The number of hydrogen-bond donors (Lipinski definition) is 2. The number of hydrogen-bond acceptors (Lipinski definition) is 2. The van der Waals surface area contributed by atoms with Crippen LogP contribution in [-0.2, 0) is 4.79 Å². The average Bonchev–Trinajstić information content (AvgIpc) is 2.21. The second-order valence-corrected chi connectivity index (χ2v) is 3.12. The van der Waals surface area contributed by atoms with E-state index in [0.717, 1.165) is 11.1 Å². The highest BCUT2D eigenvalue weighted by Gasteiger charge is 2.01. The minimum atomic E-state index is -0.915. The Hall–Kier alpha value is -2.03. The summed E-state index contributed by atoms with van der Waals surface area (Å²) in [6, 6.07) is 7.46. The van der Waals surface area contributed by atoms with Crippen molar-refractivity contribution in [2.24, 2.45) is 5.73 Å². The molecular formula is C12H13NO2. The molecule has 15 heavy (non-hydrogen) atoms. The van der Waals surface area contributed by atoms with Gasteiger partial charge in [-0.05, 0) is 36.4 Å². The largest absolute Gasteiger partial charge is 0.478 e. The van der Waals surface area contributed by atoms with Gasteiger partial charge in [0.15, 0.2) is 0 Å². The van der Waals surface area contributed by atoms with Gasteiger partial charge < -0.3 is 10.8 Å². The van der Waals surface area contributed by atoms with Crippen LogP contribution in [0.5, 0.6) is 0 Å². The summed E-state index contributed by atoms with van der Waals surface area (Å²) in [7, 11) is 0. The summed E-state index contributed by atoms with van der Waals surface area (Å²) >= 11 is 0. The van der Waals surface area contributed by atoms with Crippen molar-refractivity contribution < 1.29 is 9.90 Å². The van der Waals surface area contributed by atoms with Crippen molar-refractivity contribution in [3.05, 3.63) is 47.2 Å². The van der Waals surface area contributed by atoms with Crippen LogP contribution in [0.3, 0.4) is 0 Å². The van der Waals surface area contributed by atoms with Gasteiger partial charge in [-0.2, -0.15) is 0 Å². The summed E-state index contributed by atoms with van der Waals surface area (Å²) in [6.07, 6.45) is 4.79. The van der Waals surface area contributed by atoms with E-state index in [1.165, 1.54) is 6.20 Å². The minimum absolute atomic E-state index is 0.299. The first-order valence-corrected chi connectivity index (χ1v) is 4.54. The van der Waals surface area contributed by atoms with Gasteiger partial charge in [0.2, 0.25) is 0 Å². The second-order valence-electron chi connectivity index (χ2n) is 3.12. The number of nitrogens with two attached hydrogens (primary N) is 1. The van der Waals surface area contributed by atoms with Gasteiger partial charge in [0.1, 0.15) is 0 Å². The molecule has 3 heteroatoms. The van der Waals surface area contributed by atoms with E-state index in [1.54, 1.807) is 19.1 Å². The number of rotatable bonds is 3. The van der Waals surface area contributed by atoms with Crippen molar-refractivity contribution in [1.82, 2.24) is 0 Å². The Kier molecular flexibility index (Phi) is 3.68. The molecule has 0 atom stereocenters. The molecule has 1 aromatic rings. The van der Waals surface area contributed by atoms with Crippen LogP contribution in [0.1, 0.15) is 18.1 Å². The van der Waals surface area contributed by atoms with E-state index in [2.05, 4.69) is 0 Å². The molecule has 3 nitrogen and oxygen atoms in total. The number of benzene rings is 1. The van der Waals surface area contributed by atoms with Gasteiger partial charge in [0.05, 0.1) is 0 Å². The number of carboxylic acid groups (broad SMARTS) is 1. The fraction of sp³-hybridized carbons (Fsp3) is 0.0833. The zero-order valence-electron chi connectivity index (χ0n) is 8.47. The minimum Gasteiger partial charge on any atom is -0.478 e. The summed E-state index contributed by atoms with van der Waals surface area (Å²) in [5.41, 5.74) is 7.35. The SMILES string of the molecule is C/C(=C\c1ccccc1/C=C/N)C(=O)O. The quantitative estimate of drug-likeness (QED) is 0.739. The number of carbonyl (C=O) groups is 1. The normalized spacial score (nSPS) is 11.9. The van der Waals surface area contributed by atoms with Crippen LogP contribution < -0.4 is 5.73 Å². The molecule has 0 bridgehead atoms. The van der Waals surface area contributed by atoms with Crippen molar-refractivity contribution >= 4 is 18.1 Å². The molecule has 0 aliphatic heterocycles. The number of aliphatic carboxylic acids is 1. The first-order valence-electron chi connectivity index (χ1n) is 4.54. The Balaban J connectivity index is 3.14. The Bertz CT molecular complexity index is 419. The highest BCUT2D eigenvalue weighted by Crippen LogP contribution is 2.14. The maximum absolute atomic E-state index is 10.7.